The number of piperazine rings is 1. The number of nitrogens with one attached hydrogen (secondary N) is 1. The Labute approximate surface area is 120 Å². The lowest BCUT2D eigenvalue weighted by molar-refractivity contribution is -0.156. The maximum atomic E-state index is 12.8. The van der Waals surface area contributed by atoms with E-state index >= 15 is 0 Å². The molecule has 3 rings (SSSR count). The summed E-state index contributed by atoms with van der Waals surface area (Å²) in [5.41, 5.74) is -0.734. The first kappa shape index (κ1) is 13.9. The minimum absolute atomic E-state index is 0.0374. The zero-order valence-electron chi connectivity index (χ0n) is 12.4. The summed E-state index contributed by atoms with van der Waals surface area (Å²) in [5, 5.41) is 2.96. The minimum atomic E-state index is -0.734. The molecule has 0 radical (unpaired) electrons. The van der Waals surface area contributed by atoms with Gasteiger partial charge in [-0.05, 0) is 38.5 Å². The minimum Gasteiger partial charge on any atom is -0.381 e. The summed E-state index contributed by atoms with van der Waals surface area (Å²) in [6.45, 7) is 5.95. The van der Waals surface area contributed by atoms with E-state index in [4.69, 9.17) is 4.74 Å². The molecule has 3 aliphatic rings. The van der Waals surface area contributed by atoms with Crippen molar-refractivity contribution in [2.24, 2.45) is 11.8 Å². The predicted octanol–water partition coefficient (Wildman–Crippen LogP) is 0.929. The van der Waals surface area contributed by atoms with Crippen LogP contribution in [0.15, 0.2) is 0 Å². The van der Waals surface area contributed by atoms with Gasteiger partial charge in [-0.1, -0.05) is 6.92 Å². The van der Waals surface area contributed by atoms with E-state index < -0.39 is 5.54 Å². The third kappa shape index (κ3) is 2.32. The van der Waals surface area contributed by atoms with Crippen molar-refractivity contribution in [1.29, 1.82) is 0 Å². The molecule has 2 amide bonds. The van der Waals surface area contributed by atoms with Crippen LogP contribution in [-0.4, -0.2) is 48.1 Å². The highest BCUT2D eigenvalue weighted by Crippen LogP contribution is 2.39. The van der Waals surface area contributed by atoms with E-state index in [9.17, 15) is 9.59 Å². The lowest BCUT2D eigenvalue weighted by Gasteiger charge is -2.45. The summed E-state index contributed by atoms with van der Waals surface area (Å²) in [5.74, 6) is 0.869. The van der Waals surface area contributed by atoms with E-state index in [-0.39, 0.29) is 17.9 Å². The molecule has 2 aliphatic heterocycles. The van der Waals surface area contributed by atoms with Crippen LogP contribution in [0.1, 0.15) is 39.5 Å². The fraction of sp³-hybridized carbons (Fsp3) is 0.867. The van der Waals surface area contributed by atoms with Crippen LogP contribution in [0.2, 0.25) is 0 Å². The maximum absolute atomic E-state index is 12.8. The third-order valence-corrected chi connectivity index (χ3v) is 4.99. The van der Waals surface area contributed by atoms with Gasteiger partial charge >= 0.3 is 0 Å². The highest BCUT2D eigenvalue weighted by atomic mass is 16.5. The number of carbonyl (C=O) groups excluding carboxylic acids is 2. The molecule has 5 heteroatoms. The van der Waals surface area contributed by atoms with Crippen LogP contribution in [0.25, 0.3) is 0 Å². The summed E-state index contributed by atoms with van der Waals surface area (Å²) in [7, 11) is 0. The average Bonchev–Trinajstić information content (AvgIpc) is 3.12. The number of hydrogen-bond donors (Lipinski definition) is 1. The summed E-state index contributed by atoms with van der Waals surface area (Å²) in [4.78, 5) is 27.1. The van der Waals surface area contributed by atoms with Gasteiger partial charge in [-0.15, -0.1) is 0 Å². The Bertz CT molecular complexity index is 415. The SMILES string of the molecule is CCC1(C)NC(=O)C(C2CC2)N(CC2CCOC2)C1=O. The average molecular weight is 280 g/mol. The molecule has 0 bridgehead atoms. The van der Waals surface area contributed by atoms with Crippen LogP contribution in [0.4, 0.5) is 0 Å². The number of ether oxygens (including phenoxy) is 1. The Morgan fingerprint density at radius 2 is 2.10 bits per heavy atom. The largest absolute Gasteiger partial charge is 0.381 e. The second-order valence-electron chi connectivity index (χ2n) is 6.64. The van der Waals surface area contributed by atoms with E-state index in [1.165, 1.54) is 0 Å². The zero-order valence-corrected chi connectivity index (χ0v) is 12.4. The van der Waals surface area contributed by atoms with Gasteiger partial charge < -0.3 is 15.0 Å². The molecule has 0 aromatic heterocycles. The Morgan fingerprint density at radius 3 is 2.65 bits per heavy atom. The van der Waals surface area contributed by atoms with Crippen molar-refractivity contribution in [3.8, 4) is 0 Å². The van der Waals surface area contributed by atoms with Crippen LogP contribution < -0.4 is 5.32 Å². The number of carbonyl (C=O) groups is 2. The standard InChI is InChI=1S/C15H24N2O3/c1-3-15(2)14(19)17(8-10-6-7-20-9-10)12(11-4-5-11)13(18)16-15/h10-12H,3-9H2,1-2H3,(H,16,18). The quantitative estimate of drug-likeness (QED) is 0.833. The van der Waals surface area contributed by atoms with E-state index in [0.29, 0.717) is 31.4 Å². The van der Waals surface area contributed by atoms with E-state index in [1.807, 2.05) is 18.7 Å². The van der Waals surface area contributed by atoms with Gasteiger partial charge in [0.25, 0.3) is 0 Å². The molecule has 5 nitrogen and oxygen atoms in total. The summed E-state index contributed by atoms with van der Waals surface area (Å²) in [6, 6.07) is -0.247. The molecule has 2 heterocycles. The predicted molar refractivity (Wildman–Crippen MR) is 74.0 cm³/mol. The first-order valence-corrected chi connectivity index (χ1v) is 7.76. The van der Waals surface area contributed by atoms with Gasteiger partial charge in [0.1, 0.15) is 11.6 Å². The Morgan fingerprint density at radius 1 is 1.35 bits per heavy atom. The third-order valence-electron chi connectivity index (χ3n) is 4.99. The van der Waals surface area contributed by atoms with Crippen LogP contribution in [0.3, 0.4) is 0 Å². The number of amides is 2. The molecular weight excluding hydrogens is 256 g/mol. The van der Waals surface area contributed by atoms with Crippen molar-refractivity contribution in [3.63, 3.8) is 0 Å². The van der Waals surface area contributed by atoms with Crippen molar-refractivity contribution in [3.05, 3.63) is 0 Å². The topological polar surface area (TPSA) is 58.6 Å². The van der Waals surface area contributed by atoms with Gasteiger partial charge in [-0.2, -0.15) is 0 Å². The van der Waals surface area contributed by atoms with Crippen LogP contribution >= 0.6 is 0 Å². The molecule has 0 aromatic rings. The molecule has 3 atom stereocenters. The van der Waals surface area contributed by atoms with E-state index in [1.54, 1.807) is 0 Å². The molecule has 3 fully saturated rings. The Hall–Kier alpha value is -1.10. The van der Waals surface area contributed by atoms with Crippen molar-refractivity contribution < 1.29 is 14.3 Å². The second-order valence-corrected chi connectivity index (χ2v) is 6.64. The number of nitrogens with zero attached hydrogens (tertiary/aromatic N) is 1. The molecular formula is C15H24N2O3. The van der Waals surface area contributed by atoms with Crippen molar-refractivity contribution in [2.45, 2.75) is 51.1 Å². The van der Waals surface area contributed by atoms with Gasteiger partial charge in [0.2, 0.25) is 11.8 Å². The highest BCUT2D eigenvalue weighted by molar-refractivity contribution is 5.99. The maximum Gasteiger partial charge on any atom is 0.248 e. The molecule has 3 unspecified atom stereocenters. The lowest BCUT2D eigenvalue weighted by Crippen LogP contribution is -2.70. The fourth-order valence-electron chi connectivity index (χ4n) is 3.31. The Balaban J connectivity index is 1.82. The highest BCUT2D eigenvalue weighted by Gasteiger charge is 2.52. The van der Waals surface area contributed by atoms with Gasteiger partial charge in [0.15, 0.2) is 0 Å². The van der Waals surface area contributed by atoms with Crippen molar-refractivity contribution >= 4 is 11.8 Å². The molecule has 1 saturated carbocycles. The normalized spacial score (nSPS) is 38.2. The molecule has 1 aliphatic carbocycles. The summed E-state index contributed by atoms with van der Waals surface area (Å²) in [6.07, 6.45) is 3.75. The van der Waals surface area contributed by atoms with Gasteiger partial charge in [-0.25, -0.2) is 0 Å². The molecule has 2 saturated heterocycles. The molecule has 20 heavy (non-hydrogen) atoms. The van der Waals surface area contributed by atoms with Gasteiger partial charge in [0.05, 0.1) is 6.61 Å². The number of rotatable bonds is 4. The van der Waals surface area contributed by atoms with Crippen LogP contribution in [0, 0.1) is 11.8 Å². The molecule has 1 N–H and O–H groups in total. The molecule has 0 aromatic carbocycles. The lowest BCUT2D eigenvalue weighted by atomic mass is 9.89. The van der Waals surface area contributed by atoms with Gasteiger partial charge in [0, 0.05) is 19.1 Å². The molecule has 0 spiro atoms. The van der Waals surface area contributed by atoms with Crippen molar-refractivity contribution in [2.75, 3.05) is 19.8 Å². The zero-order chi connectivity index (χ0) is 14.3. The van der Waals surface area contributed by atoms with Gasteiger partial charge in [-0.3, -0.25) is 9.59 Å². The first-order valence-electron chi connectivity index (χ1n) is 7.76. The monoisotopic (exact) mass is 280 g/mol. The summed E-state index contributed by atoms with van der Waals surface area (Å²) < 4.78 is 5.41. The van der Waals surface area contributed by atoms with Crippen LogP contribution in [-0.2, 0) is 14.3 Å². The Kier molecular flexibility index (Phi) is 3.48. The molecule has 112 valence electrons. The number of hydrogen-bond acceptors (Lipinski definition) is 3. The fourth-order valence-corrected chi connectivity index (χ4v) is 3.31. The summed E-state index contributed by atoms with van der Waals surface area (Å²) >= 11 is 0. The van der Waals surface area contributed by atoms with E-state index in [0.717, 1.165) is 25.9 Å². The smallest absolute Gasteiger partial charge is 0.248 e. The van der Waals surface area contributed by atoms with Crippen molar-refractivity contribution in [1.82, 2.24) is 10.2 Å². The van der Waals surface area contributed by atoms with Crippen LogP contribution in [0.5, 0.6) is 0 Å². The van der Waals surface area contributed by atoms with E-state index in [2.05, 4.69) is 5.32 Å². The first-order chi connectivity index (χ1) is 9.55. The second kappa shape index (κ2) is 5.02.